The lowest BCUT2D eigenvalue weighted by Gasteiger charge is -2.41. The van der Waals surface area contributed by atoms with Crippen molar-refractivity contribution >= 4 is 0 Å². The Morgan fingerprint density at radius 3 is 1.85 bits per heavy atom. The van der Waals surface area contributed by atoms with Crippen molar-refractivity contribution in [1.29, 1.82) is 0 Å². The van der Waals surface area contributed by atoms with Crippen LogP contribution in [0.25, 0.3) is 0 Å². The number of ether oxygens (including phenoxy) is 2. The quantitative estimate of drug-likeness (QED) is 0.178. The second kappa shape index (κ2) is 15.1. The van der Waals surface area contributed by atoms with Crippen LogP contribution in [-0.4, -0.2) is 47.9 Å². The van der Waals surface area contributed by atoms with E-state index in [9.17, 15) is 0 Å². The van der Waals surface area contributed by atoms with Crippen LogP contribution in [0.4, 0.5) is 0 Å². The van der Waals surface area contributed by atoms with E-state index in [0.717, 1.165) is 13.2 Å². The van der Waals surface area contributed by atoms with E-state index in [1.54, 1.807) is 0 Å². The van der Waals surface area contributed by atoms with Gasteiger partial charge in [0.2, 0.25) is 0 Å². The van der Waals surface area contributed by atoms with Crippen LogP contribution in [0.2, 0.25) is 0 Å². The van der Waals surface area contributed by atoms with Gasteiger partial charge in [0.15, 0.2) is 0 Å². The molecule has 3 nitrogen and oxygen atoms in total. The van der Waals surface area contributed by atoms with Gasteiger partial charge < -0.3 is 9.47 Å². The van der Waals surface area contributed by atoms with Crippen molar-refractivity contribution in [3.63, 3.8) is 0 Å². The van der Waals surface area contributed by atoms with Crippen LogP contribution in [0.3, 0.4) is 0 Å². The maximum absolute atomic E-state index is 7.00. The zero-order valence-corrected chi connectivity index (χ0v) is 23.4. The molecule has 0 amide bonds. The van der Waals surface area contributed by atoms with E-state index in [0.29, 0.717) is 17.6 Å². The van der Waals surface area contributed by atoms with E-state index in [1.165, 1.54) is 109 Å². The molecule has 196 valence electrons. The molecule has 33 heavy (non-hydrogen) atoms. The number of fused-ring (bicyclic) bond motifs is 1. The van der Waals surface area contributed by atoms with Crippen LogP contribution < -0.4 is 0 Å². The highest BCUT2D eigenvalue weighted by Crippen LogP contribution is 2.41. The Hall–Kier alpha value is -0.120. The summed E-state index contributed by atoms with van der Waals surface area (Å²) < 4.78 is 13.4. The molecule has 0 radical (unpaired) electrons. The third-order valence-electron chi connectivity index (χ3n) is 8.72. The molecule has 0 aromatic rings. The van der Waals surface area contributed by atoms with Crippen LogP contribution in [-0.2, 0) is 9.47 Å². The maximum Gasteiger partial charge on any atom is 0.0881 e. The number of unbranched alkanes of at least 4 members (excludes halogenated alkanes) is 8. The molecule has 0 aromatic heterocycles. The summed E-state index contributed by atoms with van der Waals surface area (Å²) in [6.45, 7) is 17.3. The molecule has 3 heteroatoms. The molecule has 0 spiro atoms. The van der Waals surface area contributed by atoms with E-state index >= 15 is 0 Å². The second-order valence-corrected chi connectivity index (χ2v) is 11.9. The monoisotopic (exact) mass is 465 g/mol. The molecule has 2 aliphatic heterocycles. The highest BCUT2D eigenvalue weighted by atomic mass is 16.6. The van der Waals surface area contributed by atoms with Gasteiger partial charge in [0.25, 0.3) is 0 Å². The Bertz CT molecular complexity index is 500. The molecule has 0 bridgehead atoms. The van der Waals surface area contributed by atoms with Gasteiger partial charge in [0, 0.05) is 24.5 Å². The van der Waals surface area contributed by atoms with Crippen molar-refractivity contribution < 1.29 is 9.47 Å². The zero-order valence-electron chi connectivity index (χ0n) is 23.4. The van der Waals surface area contributed by atoms with Crippen molar-refractivity contribution in [2.45, 2.75) is 168 Å². The first-order valence-electron chi connectivity index (χ1n) is 15.0. The van der Waals surface area contributed by atoms with Crippen LogP contribution in [0.1, 0.15) is 144 Å². The molecule has 4 atom stereocenters. The fraction of sp³-hybridized carbons (Fsp3) is 1.00. The third kappa shape index (κ3) is 9.12. The molecule has 2 fully saturated rings. The minimum Gasteiger partial charge on any atom is -0.374 e. The summed E-state index contributed by atoms with van der Waals surface area (Å²) in [4.78, 5) is 2.81. The first-order valence-corrected chi connectivity index (χ1v) is 15.0. The normalized spacial score (nSPS) is 25.5. The summed E-state index contributed by atoms with van der Waals surface area (Å²) in [5.41, 5.74) is 0.347. The summed E-state index contributed by atoms with van der Waals surface area (Å²) in [6, 6.07) is 0. The zero-order chi connectivity index (χ0) is 24.2. The Morgan fingerprint density at radius 1 is 0.697 bits per heavy atom. The number of hydrogen-bond donors (Lipinski definition) is 0. The van der Waals surface area contributed by atoms with Crippen LogP contribution >= 0.6 is 0 Å². The highest BCUT2D eigenvalue weighted by molar-refractivity contribution is 5.01. The first-order chi connectivity index (χ1) is 15.9. The molecule has 2 heterocycles. The third-order valence-corrected chi connectivity index (χ3v) is 8.72. The smallest absolute Gasteiger partial charge is 0.0881 e. The molecule has 2 saturated heterocycles. The summed E-state index contributed by atoms with van der Waals surface area (Å²) in [7, 11) is 0. The van der Waals surface area contributed by atoms with Gasteiger partial charge in [-0.2, -0.15) is 0 Å². The molecular weight excluding hydrogens is 406 g/mol. The minimum atomic E-state index is 0.0195. The van der Waals surface area contributed by atoms with Crippen LogP contribution in [0.15, 0.2) is 0 Å². The second-order valence-electron chi connectivity index (χ2n) is 11.9. The average Bonchev–Trinajstić information content (AvgIpc) is 3.38. The topological polar surface area (TPSA) is 21.7 Å². The Labute approximate surface area is 207 Å². The van der Waals surface area contributed by atoms with Gasteiger partial charge in [-0.1, -0.05) is 105 Å². The predicted molar refractivity (Wildman–Crippen MR) is 143 cm³/mol. The summed E-state index contributed by atoms with van der Waals surface area (Å²) >= 11 is 0. The number of hydrogen-bond acceptors (Lipinski definition) is 3. The Balaban J connectivity index is 2.00. The number of rotatable bonds is 19. The van der Waals surface area contributed by atoms with E-state index in [2.05, 4.69) is 46.4 Å². The van der Waals surface area contributed by atoms with Gasteiger partial charge in [-0.3, -0.25) is 4.90 Å². The van der Waals surface area contributed by atoms with Gasteiger partial charge in [-0.25, -0.2) is 0 Å². The standard InChI is InChI=1S/C30H59NO2/c1-7-11-15-18-22-30(6,21-14-10-4)33-28-25-32-27-24-31(23-26(27)28)29(5,19-16-12-8-2)20-17-13-9-3/h26-28H,7-25H2,1-6H3. The van der Waals surface area contributed by atoms with Crippen molar-refractivity contribution in [3.8, 4) is 0 Å². The molecule has 2 rings (SSSR count). The molecule has 0 aliphatic carbocycles. The fourth-order valence-electron chi connectivity index (χ4n) is 6.27. The molecule has 2 aliphatic rings. The van der Waals surface area contributed by atoms with Gasteiger partial charge in [0.1, 0.15) is 0 Å². The highest BCUT2D eigenvalue weighted by Gasteiger charge is 2.50. The summed E-state index contributed by atoms with van der Waals surface area (Å²) in [5, 5.41) is 0. The van der Waals surface area contributed by atoms with Crippen molar-refractivity contribution in [1.82, 2.24) is 4.90 Å². The lowest BCUT2D eigenvalue weighted by atomic mass is 9.86. The lowest BCUT2D eigenvalue weighted by molar-refractivity contribution is -0.109. The maximum atomic E-state index is 7.00. The molecule has 4 unspecified atom stereocenters. The predicted octanol–water partition coefficient (Wildman–Crippen LogP) is 8.54. The lowest BCUT2D eigenvalue weighted by Crippen LogP contribution is -2.47. The van der Waals surface area contributed by atoms with Crippen molar-refractivity contribution in [2.75, 3.05) is 19.7 Å². The van der Waals surface area contributed by atoms with Crippen LogP contribution in [0, 0.1) is 5.92 Å². The SMILES string of the molecule is CCCCCCC(C)(CCCC)OC1COC2CN(C(C)(CCCCC)CCCCC)CC21. The molecule has 0 N–H and O–H groups in total. The first kappa shape index (κ1) is 29.1. The minimum absolute atomic E-state index is 0.0195. The van der Waals surface area contributed by atoms with Gasteiger partial charge in [-0.05, 0) is 39.5 Å². The number of likely N-dealkylation sites (tertiary alicyclic amines) is 1. The van der Waals surface area contributed by atoms with E-state index in [1.807, 2.05) is 0 Å². The van der Waals surface area contributed by atoms with Crippen LogP contribution in [0.5, 0.6) is 0 Å². The van der Waals surface area contributed by atoms with Gasteiger partial charge >= 0.3 is 0 Å². The molecule has 0 aromatic carbocycles. The van der Waals surface area contributed by atoms with Gasteiger partial charge in [0.05, 0.1) is 24.4 Å². The van der Waals surface area contributed by atoms with Crippen molar-refractivity contribution in [3.05, 3.63) is 0 Å². The summed E-state index contributed by atoms with van der Waals surface area (Å²) in [5.74, 6) is 0.554. The van der Waals surface area contributed by atoms with E-state index < -0.39 is 0 Å². The Morgan fingerprint density at radius 2 is 1.24 bits per heavy atom. The fourth-order valence-corrected chi connectivity index (χ4v) is 6.27. The van der Waals surface area contributed by atoms with E-state index in [4.69, 9.17) is 9.47 Å². The Kier molecular flexibility index (Phi) is 13.3. The van der Waals surface area contributed by atoms with E-state index in [-0.39, 0.29) is 11.7 Å². The largest absolute Gasteiger partial charge is 0.374 e. The molecule has 0 saturated carbocycles. The number of nitrogens with zero attached hydrogens (tertiary/aromatic N) is 1. The van der Waals surface area contributed by atoms with Gasteiger partial charge in [-0.15, -0.1) is 0 Å². The summed E-state index contributed by atoms with van der Waals surface area (Å²) in [6.07, 6.45) is 21.6. The average molecular weight is 466 g/mol. The van der Waals surface area contributed by atoms with Crippen molar-refractivity contribution in [2.24, 2.45) is 5.92 Å². The molecular formula is C30H59NO2.